The molecule has 21 heavy (non-hydrogen) atoms. The first kappa shape index (κ1) is 14.4. The first-order valence-electron chi connectivity index (χ1n) is 6.73. The molecule has 0 aliphatic carbocycles. The number of aromatic amines is 1. The standard InChI is InChI=1S/C15H15Cl2N3O/c1-9-8-20(13-5-3-2-4-10(13)7-18-9)15(21)12-6-11(16)14(17)19-12/h2-6,9,18-19H,7-8H2,1H3. The van der Waals surface area contributed by atoms with Crippen LogP contribution in [0, 0.1) is 0 Å². The molecule has 0 saturated heterocycles. The third-order valence-electron chi connectivity index (χ3n) is 3.58. The van der Waals surface area contributed by atoms with Crippen LogP contribution in [0.2, 0.25) is 10.2 Å². The van der Waals surface area contributed by atoms with Gasteiger partial charge in [-0.05, 0) is 24.6 Å². The molecule has 1 aliphatic heterocycles. The lowest BCUT2D eigenvalue weighted by Gasteiger charge is -2.24. The predicted octanol–water partition coefficient (Wildman–Crippen LogP) is 3.46. The number of benzene rings is 1. The molecule has 6 heteroatoms. The van der Waals surface area contributed by atoms with Crippen LogP contribution in [0.3, 0.4) is 0 Å². The molecule has 0 radical (unpaired) electrons. The Balaban J connectivity index is 2.01. The summed E-state index contributed by atoms with van der Waals surface area (Å²) >= 11 is 11.8. The average molecular weight is 324 g/mol. The molecule has 1 atom stereocenters. The average Bonchev–Trinajstić information content (AvgIpc) is 2.72. The second-order valence-electron chi connectivity index (χ2n) is 5.17. The lowest BCUT2D eigenvalue weighted by atomic mass is 10.1. The number of rotatable bonds is 1. The number of anilines is 1. The van der Waals surface area contributed by atoms with E-state index in [-0.39, 0.29) is 17.1 Å². The SMILES string of the molecule is CC1CN(C(=O)c2cc(Cl)c(Cl)[nH]2)c2ccccc2CN1. The maximum Gasteiger partial charge on any atom is 0.274 e. The lowest BCUT2D eigenvalue weighted by molar-refractivity contribution is 0.0981. The van der Waals surface area contributed by atoms with Gasteiger partial charge in [0, 0.05) is 24.8 Å². The van der Waals surface area contributed by atoms with Gasteiger partial charge in [0.2, 0.25) is 0 Å². The molecule has 1 unspecified atom stereocenters. The Morgan fingerprint density at radius 1 is 1.33 bits per heavy atom. The Bertz CT molecular complexity index is 664. The zero-order valence-corrected chi connectivity index (χ0v) is 13.0. The number of aromatic nitrogens is 1. The summed E-state index contributed by atoms with van der Waals surface area (Å²) in [6.07, 6.45) is 0. The van der Waals surface area contributed by atoms with Crippen LogP contribution in [0.1, 0.15) is 23.0 Å². The van der Waals surface area contributed by atoms with E-state index >= 15 is 0 Å². The molecule has 2 heterocycles. The van der Waals surface area contributed by atoms with Crippen molar-refractivity contribution >= 4 is 34.8 Å². The third kappa shape index (κ3) is 2.79. The van der Waals surface area contributed by atoms with E-state index in [0.29, 0.717) is 17.3 Å². The van der Waals surface area contributed by atoms with Crippen LogP contribution in [0.4, 0.5) is 5.69 Å². The van der Waals surface area contributed by atoms with Crippen molar-refractivity contribution in [2.75, 3.05) is 11.4 Å². The second-order valence-corrected chi connectivity index (χ2v) is 5.96. The molecule has 1 amide bonds. The molecular formula is C15H15Cl2N3O. The normalized spacial score (nSPS) is 18.2. The topological polar surface area (TPSA) is 48.1 Å². The van der Waals surface area contributed by atoms with Crippen LogP contribution in [-0.2, 0) is 6.54 Å². The maximum atomic E-state index is 12.8. The number of fused-ring (bicyclic) bond motifs is 1. The first-order valence-corrected chi connectivity index (χ1v) is 7.49. The highest BCUT2D eigenvalue weighted by molar-refractivity contribution is 6.41. The van der Waals surface area contributed by atoms with Gasteiger partial charge in [-0.1, -0.05) is 41.4 Å². The zero-order chi connectivity index (χ0) is 15.0. The molecule has 0 fully saturated rings. The summed E-state index contributed by atoms with van der Waals surface area (Å²) in [7, 11) is 0. The maximum absolute atomic E-state index is 12.8. The molecular weight excluding hydrogens is 309 g/mol. The number of halogens is 2. The van der Waals surface area contributed by atoms with Gasteiger partial charge in [0.25, 0.3) is 5.91 Å². The minimum absolute atomic E-state index is 0.133. The molecule has 1 aromatic carbocycles. The summed E-state index contributed by atoms with van der Waals surface area (Å²) in [5.41, 5.74) is 2.41. The van der Waals surface area contributed by atoms with Crippen LogP contribution in [0.15, 0.2) is 30.3 Å². The summed E-state index contributed by atoms with van der Waals surface area (Å²) < 4.78 is 0. The van der Waals surface area contributed by atoms with E-state index in [9.17, 15) is 4.79 Å². The fraction of sp³-hybridized carbons (Fsp3) is 0.267. The Labute approximate surface area is 133 Å². The predicted molar refractivity (Wildman–Crippen MR) is 85.2 cm³/mol. The minimum Gasteiger partial charge on any atom is -0.340 e. The van der Waals surface area contributed by atoms with E-state index < -0.39 is 0 Å². The van der Waals surface area contributed by atoms with Crippen molar-refractivity contribution < 1.29 is 4.79 Å². The molecule has 0 spiro atoms. The van der Waals surface area contributed by atoms with Gasteiger partial charge < -0.3 is 15.2 Å². The minimum atomic E-state index is -0.133. The Morgan fingerprint density at radius 2 is 2.10 bits per heavy atom. The Hall–Kier alpha value is -1.49. The molecule has 1 aromatic heterocycles. The number of hydrogen-bond acceptors (Lipinski definition) is 2. The number of nitrogens with zero attached hydrogens (tertiary/aromatic N) is 1. The van der Waals surface area contributed by atoms with Crippen LogP contribution >= 0.6 is 23.2 Å². The number of amides is 1. The van der Waals surface area contributed by atoms with Crippen LogP contribution in [0.5, 0.6) is 0 Å². The summed E-state index contributed by atoms with van der Waals surface area (Å²) in [4.78, 5) is 17.4. The monoisotopic (exact) mass is 323 g/mol. The quantitative estimate of drug-likeness (QED) is 0.844. The van der Waals surface area contributed by atoms with Gasteiger partial charge in [0.15, 0.2) is 0 Å². The van der Waals surface area contributed by atoms with Crippen molar-refractivity contribution in [3.8, 4) is 0 Å². The summed E-state index contributed by atoms with van der Waals surface area (Å²) in [5, 5.41) is 4.04. The highest BCUT2D eigenvalue weighted by atomic mass is 35.5. The fourth-order valence-electron chi connectivity index (χ4n) is 2.50. The Kier molecular flexibility index (Phi) is 3.93. The van der Waals surface area contributed by atoms with E-state index in [1.54, 1.807) is 11.0 Å². The van der Waals surface area contributed by atoms with Gasteiger partial charge in [0.1, 0.15) is 10.8 Å². The smallest absolute Gasteiger partial charge is 0.274 e. The van der Waals surface area contributed by atoms with E-state index in [4.69, 9.17) is 23.2 Å². The van der Waals surface area contributed by atoms with Crippen LogP contribution < -0.4 is 10.2 Å². The molecule has 4 nitrogen and oxygen atoms in total. The van der Waals surface area contributed by atoms with Gasteiger partial charge in [-0.3, -0.25) is 4.79 Å². The summed E-state index contributed by atoms with van der Waals surface area (Å²) in [5.74, 6) is -0.133. The van der Waals surface area contributed by atoms with E-state index in [2.05, 4.69) is 17.2 Å². The van der Waals surface area contributed by atoms with Crippen molar-refractivity contribution in [2.24, 2.45) is 0 Å². The molecule has 3 rings (SSSR count). The van der Waals surface area contributed by atoms with Crippen molar-refractivity contribution in [3.05, 3.63) is 51.8 Å². The van der Waals surface area contributed by atoms with Gasteiger partial charge in [-0.2, -0.15) is 0 Å². The van der Waals surface area contributed by atoms with E-state index in [1.165, 1.54) is 0 Å². The summed E-state index contributed by atoms with van der Waals surface area (Å²) in [6, 6.07) is 9.65. The fourth-order valence-corrected chi connectivity index (χ4v) is 2.81. The molecule has 0 saturated carbocycles. The zero-order valence-electron chi connectivity index (χ0n) is 11.5. The number of H-pyrrole nitrogens is 1. The van der Waals surface area contributed by atoms with Crippen molar-refractivity contribution in [1.29, 1.82) is 0 Å². The molecule has 2 N–H and O–H groups in total. The number of nitrogens with one attached hydrogen (secondary N) is 2. The first-order chi connectivity index (χ1) is 10.1. The van der Waals surface area contributed by atoms with E-state index in [1.807, 2.05) is 24.3 Å². The number of carbonyl (C=O) groups excluding carboxylic acids is 1. The van der Waals surface area contributed by atoms with Gasteiger partial charge in [-0.15, -0.1) is 0 Å². The highest BCUT2D eigenvalue weighted by Gasteiger charge is 2.26. The van der Waals surface area contributed by atoms with Crippen LogP contribution in [-0.4, -0.2) is 23.5 Å². The van der Waals surface area contributed by atoms with Gasteiger partial charge in [0.05, 0.1) is 5.02 Å². The van der Waals surface area contributed by atoms with Crippen LogP contribution in [0.25, 0.3) is 0 Å². The van der Waals surface area contributed by atoms with E-state index in [0.717, 1.165) is 17.8 Å². The van der Waals surface area contributed by atoms with Gasteiger partial charge >= 0.3 is 0 Å². The molecule has 0 bridgehead atoms. The van der Waals surface area contributed by atoms with Crippen molar-refractivity contribution in [2.45, 2.75) is 19.5 Å². The lowest BCUT2D eigenvalue weighted by Crippen LogP contribution is -2.39. The summed E-state index contributed by atoms with van der Waals surface area (Å²) in [6.45, 7) is 3.39. The molecule has 2 aromatic rings. The largest absolute Gasteiger partial charge is 0.340 e. The second kappa shape index (κ2) is 5.72. The molecule has 110 valence electrons. The number of para-hydroxylation sites is 1. The third-order valence-corrected chi connectivity index (χ3v) is 4.27. The number of carbonyl (C=O) groups is 1. The number of hydrogen-bond donors (Lipinski definition) is 2. The Morgan fingerprint density at radius 3 is 2.81 bits per heavy atom. The van der Waals surface area contributed by atoms with Gasteiger partial charge in [-0.25, -0.2) is 0 Å². The van der Waals surface area contributed by atoms with Crippen molar-refractivity contribution in [1.82, 2.24) is 10.3 Å². The highest BCUT2D eigenvalue weighted by Crippen LogP contribution is 2.27. The molecule has 1 aliphatic rings. The van der Waals surface area contributed by atoms with Crippen molar-refractivity contribution in [3.63, 3.8) is 0 Å².